The van der Waals surface area contributed by atoms with Gasteiger partial charge in [-0.15, -0.1) is 0 Å². The second-order valence-electron chi connectivity index (χ2n) is 4.31. The van der Waals surface area contributed by atoms with Crippen molar-refractivity contribution in [3.05, 3.63) is 0 Å². The van der Waals surface area contributed by atoms with Crippen LogP contribution in [0.15, 0.2) is 0 Å². The smallest absolute Gasteiger partial charge is 0.229 e. The summed E-state index contributed by atoms with van der Waals surface area (Å²) in [6.07, 6.45) is -0.497. The van der Waals surface area contributed by atoms with Gasteiger partial charge in [0.1, 0.15) is 0 Å². The summed E-state index contributed by atoms with van der Waals surface area (Å²) in [5, 5.41) is 11.9. The van der Waals surface area contributed by atoms with Gasteiger partial charge in [0.15, 0.2) is 6.10 Å². The van der Waals surface area contributed by atoms with Crippen molar-refractivity contribution in [3.8, 4) is 6.07 Å². The molecule has 2 saturated heterocycles. The normalized spacial score (nSPS) is 33.4. The fraction of sp³-hybridized carbons (Fsp3) is 0.818. The molecule has 0 bridgehead atoms. The summed E-state index contributed by atoms with van der Waals surface area (Å²) in [5.41, 5.74) is 0. The van der Waals surface area contributed by atoms with Crippen molar-refractivity contribution in [1.82, 2.24) is 10.2 Å². The molecule has 2 rings (SSSR count). The predicted octanol–water partition coefficient (Wildman–Crippen LogP) is -1.03. The van der Waals surface area contributed by atoms with Crippen LogP contribution in [-0.4, -0.2) is 62.9 Å². The minimum atomic E-state index is -0.497. The molecule has 0 spiro atoms. The highest BCUT2D eigenvalue weighted by Crippen LogP contribution is 2.18. The summed E-state index contributed by atoms with van der Waals surface area (Å²) in [7, 11) is 1.83. The van der Waals surface area contributed by atoms with E-state index in [1.807, 2.05) is 13.1 Å². The lowest BCUT2D eigenvalue weighted by Crippen LogP contribution is -2.50. The van der Waals surface area contributed by atoms with Gasteiger partial charge in [0.2, 0.25) is 5.91 Å². The maximum Gasteiger partial charge on any atom is 0.229 e. The van der Waals surface area contributed by atoms with E-state index in [0.29, 0.717) is 32.9 Å². The lowest BCUT2D eigenvalue weighted by atomic mass is 10.0. The summed E-state index contributed by atoms with van der Waals surface area (Å²) in [6, 6.07) is 2.12. The van der Waals surface area contributed by atoms with Gasteiger partial charge in [-0.1, -0.05) is 0 Å². The molecule has 2 heterocycles. The Bertz CT molecular complexity index is 328. The van der Waals surface area contributed by atoms with Crippen molar-refractivity contribution in [2.24, 2.45) is 5.92 Å². The first-order valence-corrected chi connectivity index (χ1v) is 5.81. The van der Waals surface area contributed by atoms with Crippen molar-refractivity contribution >= 4 is 5.91 Å². The Morgan fingerprint density at radius 3 is 3.06 bits per heavy atom. The molecule has 6 nitrogen and oxygen atoms in total. The molecule has 1 N–H and O–H groups in total. The first-order valence-electron chi connectivity index (χ1n) is 5.81. The number of likely N-dealkylation sites (N-methyl/N-ethyl adjacent to an activating group) is 1. The fourth-order valence-electron chi connectivity index (χ4n) is 2.24. The van der Waals surface area contributed by atoms with Crippen LogP contribution in [0.3, 0.4) is 0 Å². The van der Waals surface area contributed by atoms with Gasteiger partial charge in [0, 0.05) is 12.6 Å². The lowest BCUT2D eigenvalue weighted by Gasteiger charge is -2.32. The summed E-state index contributed by atoms with van der Waals surface area (Å²) >= 11 is 0. The van der Waals surface area contributed by atoms with Gasteiger partial charge in [0.05, 0.1) is 38.4 Å². The zero-order valence-corrected chi connectivity index (χ0v) is 9.89. The van der Waals surface area contributed by atoms with Crippen LogP contribution in [0.4, 0.5) is 0 Å². The van der Waals surface area contributed by atoms with E-state index in [9.17, 15) is 4.79 Å². The highest BCUT2D eigenvalue weighted by atomic mass is 16.5. The Kier molecular flexibility index (Phi) is 3.94. The molecule has 2 aliphatic heterocycles. The third kappa shape index (κ3) is 2.57. The Labute approximate surface area is 100 Å². The number of rotatable bonds is 2. The minimum Gasteiger partial charge on any atom is -0.379 e. The van der Waals surface area contributed by atoms with Crippen LogP contribution in [0, 0.1) is 17.2 Å². The molecule has 0 aliphatic carbocycles. The van der Waals surface area contributed by atoms with E-state index >= 15 is 0 Å². The molecule has 3 atom stereocenters. The molecule has 6 heteroatoms. The maximum absolute atomic E-state index is 12.3. The predicted molar refractivity (Wildman–Crippen MR) is 59.1 cm³/mol. The number of nitrogens with one attached hydrogen (secondary N) is 1. The second-order valence-corrected chi connectivity index (χ2v) is 4.31. The average molecular weight is 239 g/mol. The van der Waals surface area contributed by atoms with Crippen LogP contribution in [0.5, 0.6) is 0 Å². The topological polar surface area (TPSA) is 74.6 Å². The number of carbonyl (C=O) groups excluding carboxylic acids is 1. The average Bonchev–Trinajstić information content (AvgIpc) is 2.86. The van der Waals surface area contributed by atoms with Crippen molar-refractivity contribution in [2.45, 2.75) is 12.1 Å². The van der Waals surface area contributed by atoms with E-state index in [2.05, 4.69) is 5.32 Å². The van der Waals surface area contributed by atoms with Crippen LogP contribution in [0.2, 0.25) is 0 Å². The monoisotopic (exact) mass is 239 g/mol. The van der Waals surface area contributed by atoms with Crippen molar-refractivity contribution in [3.63, 3.8) is 0 Å². The molecule has 2 fully saturated rings. The van der Waals surface area contributed by atoms with Gasteiger partial charge in [-0.25, -0.2) is 0 Å². The number of hydrogen-bond acceptors (Lipinski definition) is 5. The summed E-state index contributed by atoms with van der Waals surface area (Å²) < 4.78 is 10.5. The van der Waals surface area contributed by atoms with Crippen LogP contribution in [-0.2, 0) is 14.3 Å². The van der Waals surface area contributed by atoms with Crippen LogP contribution in [0.1, 0.15) is 0 Å². The van der Waals surface area contributed by atoms with Gasteiger partial charge >= 0.3 is 0 Å². The number of morpholine rings is 1. The molecule has 17 heavy (non-hydrogen) atoms. The van der Waals surface area contributed by atoms with Crippen LogP contribution in [0.25, 0.3) is 0 Å². The fourth-order valence-corrected chi connectivity index (χ4v) is 2.24. The molecule has 0 aromatic rings. The van der Waals surface area contributed by atoms with Crippen LogP contribution >= 0.6 is 0 Å². The van der Waals surface area contributed by atoms with Gasteiger partial charge in [0.25, 0.3) is 0 Å². The van der Waals surface area contributed by atoms with E-state index in [1.165, 1.54) is 0 Å². The van der Waals surface area contributed by atoms with Gasteiger partial charge in [-0.3, -0.25) is 4.79 Å². The first-order chi connectivity index (χ1) is 8.26. The highest BCUT2D eigenvalue weighted by molar-refractivity contribution is 5.80. The number of nitrogens with zero attached hydrogens (tertiary/aromatic N) is 2. The summed E-state index contributed by atoms with van der Waals surface area (Å²) in [6.45, 7) is 2.38. The Morgan fingerprint density at radius 2 is 2.35 bits per heavy atom. The zero-order valence-electron chi connectivity index (χ0n) is 9.89. The van der Waals surface area contributed by atoms with Gasteiger partial charge in [-0.05, 0) is 7.05 Å². The molecule has 0 saturated carbocycles. The van der Waals surface area contributed by atoms with Crippen LogP contribution < -0.4 is 5.32 Å². The van der Waals surface area contributed by atoms with Crippen molar-refractivity contribution in [1.29, 1.82) is 5.26 Å². The first kappa shape index (κ1) is 12.3. The van der Waals surface area contributed by atoms with E-state index in [4.69, 9.17) is 14.7 Å². The SMILES string of the molecule is CNC1COCC1C(=O)N1CCOC(C#N)C1. The largest absolute Gasteiger partial charge is 0.379 e. The Hall–Kier alpha value is -1.16. The Morgan fingerprint density at radius 1 is 1.53 bits per heavy atom. The second kappa shape index (κ2) is 5.45. The van der Waals surface area contributed by atoms with Gasteiger partial charge in [-0.2, -0.15) is 5.26 Å². The summed E-state index contributed by atoms with van der Waals surface area (Å²) in [5.74, 6) is -0.0807. The molecule has 0 aromatic carbocycles. The number of carbonyl (C=O) groups is 1. The quantitative estimate of drug-likeness (QED) is 0.667. The van der Waals surface area contributed by atoms with Gasteiger partial charge < -0.3 is 19.7 Å². The molecule has 0 radical (unpaired) electrons. The molecule has 2 aliphatic rings. The van der Waals surface area contributed by atoms with E-state index < -0.39 is 6.10 Å². The standard InChI is InChI=1S/C11H17N3O3/c1-13-10-7-16-6-9(10)11(15)14-2-3-17-8(4-12)5-14/h8-10,13H,2-3,5-7H2,1H3. The number of hydrogen-bond donors (Lipinski definition) is 1. The summed E-state index contributed by atoms with van der Waals surface area (Å²) in [4.78, 5) is 14.0. The van der Waals surface area contributed by atoms with E-state index in [-0.39, 0.29) is 17.9 Å². The molecule has 3 unspecified atom stereocenters. The number of ether oxygens (including phenoxy) is 2. The lowest BCUT2D eigenvalue weighted by molar-refractivity contribution is -0.141. The highest BCUT2D eigenvalue weighted by Gasteiger charge is 2.37. The third-order valence-corrected chi connectivity index (χ3v) is 3.29. The van der Waals surface area contributed by atoms with Crippen molar-refractivity contribution < 1.29 is 14.3 Å². The van der Waals surface area contributed by atoms with E-state index in [1.54, 1.807) is 4.90 Å². The zero-order chi connectivity index (χ0) is 12.3. The third-order valence-electron chi connectivity index (χ3n) is 3.29. The maximum atomic E-state index is 12.3. The molecular weight excluding hydrogens is 222 g/mol. The Balaban J connectivity index is 1.97. The molecule has 1 amide bonds. The molecular formula is C11H17N3O3. The number of amides is 1. The number of nitriles is 1. The molecule has 94 valence electrons. The van der Waals surface area contributed by atoms with Crippen molar-refractivity contribution in [2.75, 3.05) is 40.0 Å². The van der Waals surface area contributed by atoms with E-state index in [0.717, 1.165) is 0 Å². The minimum absolute atomic E-state index is 0.0606. The molecule has 0 aromatic heterocycles.